The van der Waals surface area contributed by atoms with Gasteiger partial charge in [0.2, 0.25) is 0 Å². The smallest absolute Gasteiger partial charge is 0.132 e. The molecule has 0 saturated heterocycles. The predicted octanol–water partition coefficient (Wildman–Crippen LogP) is 6.28. The van der Waals surface area contributed by atoms with E-state index in [1.165, 1.54) is 0 Å². The van der Waals surface area contributed by atoms with Gasteiger partial charge < -0.3 is 56.8 Å². The number of hydrogen-bond donors (Lipinski definition) is 0. The van der Waals surface area contributed by atoms with Gasteiger partial charge in [-0.15, -0.1) is 0 Å². The van der Waals surface area contributed by atoms with Crippen molar-refractivity contribution in [2.75, 3.05) is 134 Å². The fraction of sp³-hybridized carbons (Fsp3) is 0.455. The molecule has 3 aromatic carbocycles. The first-order chi connectivity index (χ1) is 28.7. The molecule has 2 heterocycles. The summed E-state index contributed by atoms with van der Waals surface area (Å²) in [5.74, 6) is 2.44. The zero-order valence-electron chi connectivity index (χ0n) is 34.0. The summed E-state index contributed by atoms with van der Waals surface area (Å²) in [4.78, 5) is 10.5. The van der Waals surface area contributed by atoms with Crippen molar-refractivity contribution in [1.82, 2.24) is 9.97 Å². The third-order valence-electron chi connectivity index (χ3n) is 8.68. The zero-order valence-corrected chi connectivity index (χ0v) is 34.0. The quantitative estimate of drug-likeness (QED) is 0.0380. The molecule has 0 saturated carbocycles. The topological polar surface area (TPSA) is 137 Å². The summed E-state index contributed by atoms with van der Waals surface area (Å²) in [5.41, 5.74) is 4.16. The van der Waals surface area contributed by atoms with Crippen LogP contribution in [0.25, 0.3) is 44.3 Å². The van der Waals surface area contributed by atoms with E-state index in [-0.39, 0.29) is 0 Å². The van der Waals surface area contributed by atoms with Crippen molar-refractivity contribution in [3.63, 3.8) is 0 Å². The molecule has 58 heavy (non-hydrogen) atoms. The number of aromatic nitrogens is 2. The Hall–Kier alpha value is -4.64. The Kier molecular flexibility index (Phi) is 19.7. The Balaban J connectivity index is 1.51. The van der Waals surface area contributed by atoms with E-state index >= 15 is 0 Å². The second-order valence-corrected chi connectivity index (χ2v) is 12.7. The normalized spacial score (nSPS) is 11.4. The van der Waals surface area contributed by atoms with Crippen molar-refractivity contribution in [3.05, 3.63) is 72.8 Å². The maximum atomic E-state index is 6.29. The predicted molar refractivity (Wildman–Crippen MR) is 221 cm³/mol. The van der Waals surface area contributed by atoms with E-state index < -0.39 is 0 Å². The Labute approximate surface area is 340 Å². The number of methoxy groups -OCH3 is 4. The standard InChI is InChI=1S/C44H56N2O12/c1-47-17-21-51-25-29-55-37-7-5-8-38(56-30-26-52-22-18-48-2)41(37)35-15-13-33-11-12-34-14-16-36(46-44(34)43(33)45-35)42-39(57-31-27-53-23-19-49-3)9-6-10-40(42)58-32-28-54-24-20-50-4/h5-16H,17-32H2,1-4H3. The van der Waals surface area contributed by atoms with Gasteiger partial charge in [-0.25, -0.2) is 9.97 Å². The first-order valence-corrected chi connectivity index (χ1v) is 19.4. The molecule has 5 aromatic rings. The van der Waals surface area contributed by atoms with E-state index in [9.17, 15) is 0 Å². The van der Waals surface area contributed by atoms with Crippen molar-refractivity contribution >= 4 is 21.8 Å². The highest BCUT2D eigenvalue weighted by Crippen LogP contribution is 2.41. The van der Waals surface area contributed by atoms with Gasteiger partial charge in [-0.2, -0.15) is 0 Å². The Morgan fingerprint density at radius 2 is 0.603 bits per heavy atom. The molecule has 0 aliphatic heterocycles. The van der Waals surface area contributed by atoms with E-state index in [0.717, 1.165) is 10.8 Å². The first kappa shape index (κ1) is 44.5. The third-order valence-corrected chi connectivity index (χ3v) is 8.68. The molecule has 5 rings (SSSR count). The highest BCUT2D eigenvalue weighted by Gasteiger charge is 2.19. The monoisotopic (exact) mass is 804 g/mol. The third kappa shape index (κ3) is 13.5. The molecule has 0 aliphatic carbocycles. The lowest BCUT2D eigenvalue weighted by Gasteiger charge is -2.18. The number of nitrogens with zero attached hydrogens (tertiary/aromatic N) is 2. The largest absolute Gasteiger partial charge is 0.490 e. The van der Waals surface area contributed by atoms with Crippen molar-refractivity contribution in [2.24, 2.45) is 0 Å². The summed E-state index contributed by atoms with van der Waals surface area (Å²) in [6.07, 6.45) is 0. The van der Waals surface area contributed by atoms with Crippen LogP contribution in [0, 0.1) is 0 Å². The summed E-state index contributed by atoms with van der Waals surface area (Å²) >= 11 is 0. The highest BCUT2D eigenvalue weighted by molar-refractivity contribution is 6.04. The van der Waals surface area contributed by atoms with Gasteiger partial charge in [-0.05, 0) is 36.4 Å². The average Bonchev–Trinajstić information content (AvgIpc) is 3.25. The number of hydrogen-bond acceptors (Lipinski definition) is 14. The molecule has 0 atom stereocenters. The van der Waals surface area contributed by atoms with Gasteiger partial charge in [-0.1, -0.05) is 36.4 Å². The lowest BCUT2D eigenvalue weighted by molar-refractivity contribution is 0.0534. The summed E-state index contributed by atoms with van der Waals surface area (Å²) in [5, 5.41) is 1.84. The molecule has 0 aliphatic rings. The van der Waals surface area contributed by atoms with Gasteiger partial charge in [0.25, 0.3) is 0 Å². The van der Waals surface area contributed by atoms with E-state index in [2.05, 4.69) is 0 Å². The van der Waals surface area contributed by atoms with Crippen molar-refractivity contribution in [1.29, 1.82) is 0 Å². The van der Waals surface area contributed by atoms with Gasteiger partial charge in [0.1, 0.15) is 49.4 Å². The molecule has 2 aromatic heterocycles. The lowest BCUT2D eigenvalue weighted by Crippen LogP contribution is -2.12. The minimum Gasteiger partial charge on any atom is -0.490 e. The van der Waals surface area contributed by atoms with Crippen LogP contribution in [-0.2, 0) is 37.9 Å². The second kappa shape index (κ2) is 25.7. The van der Waals surface area contributed by atoms with Crippen LogP contribution in [-0.4, -0.2) is 144 Å². The van der Waals surface area contributed by atoms with E-state index in [1.54, 1.807) is 28.4 Å². The summed E-state index contributed by atoms with van der Waals surface area (Å²) in [6, 6.07) is 23.5. The van der Waals surface area contributed by atoms with Gasteiger partial charge in [0.05, 0.1) is 113 Å². The lowest BCUT2D eigenvalue weighted by atomic mass is 10.0. The van der Waals surface area contributed by atoms with Crippen LogP contribution in [0.1, 0.15) is 0 Å². The minimum atomic E-state index is 0.326. The molecule has 314 valence electrons. The maximum absolute atomic E-state index is 6.29. The van der Waals surface area contributed by atoms with E-state index in [1.807, 2.05) is 72.8 Å². The van der Waals surface area contributed by atoms with Crippen LogP contribution in [0.2, 0.25) is 0 Å². The van der Waals surface area contributed by atoms with Crippen LogP contribution in [0.5, 0.6) is 23.0 Å². The fourth-order valence-electron chi connectivity index (χ4n) is 5.87. The van der Waals surface area contributed by atoms with Crippen LogP contribution in [0.3, 0.4) is 0 Å². The summed E-state index contributed by atoms with van der Waals surface area (Å²) < 4.78 is 68.2. The van der Waals surface area contributed by atoms with Crippen LogP contribution < -0.4 is 18.9 Å². The molecule has 0 bridgehead atoms. The van der Waals surface area contributed by atoms with Gasteiger partial charge in [0.15, 0.2) is 0 Å². The highest BCUT2D eigenvalue weighted by atomic mass is 16.6. The number of ether oxygens (including phenoxy) is 12. The molecule has 14 heteroatoms. The molecule has 14 nitrogen and oxygen atoms in total. The van der Waals surface area contributed by atoms with Crippen molar-refractivity contribution in [2.45, 2.75) is 0 Å². The van der Waals surface area contributed by atoms with E-state index in [4.69, 9.17) is 66.8 Å². The van der Waals surface area contributed by atoms with Gasteiger partial charge in [-0.3, -0.25) is 0 Å². The van der Waals surface area contributed by atoms with Crippen molar-refractivity contribution < 1.29 is 56.8 Å². The molecular weight excluding hydrogens is 748 g/mol. The molecule has 0 radical (unpaired) electrons. The van der Waals surface area contributed by atoms with Crippen LogP contribution in [0.15, 0.2) is 72.8 Å². The summed E-state index contributed by atoms with van der Waals surface area (Å²) in [7, 11) is 6.57. The SMILES string of the molecule is COCCOCCOc1cccc(OCCOCCOC)c1-c1ccc2ccc3ccc(-c4c(OCCOCCOC)cccc4OCCOCCOC)nc3c2n1. The minimum absolute atomic E-state index is 0.326. The maximum Gasteiger partial charge on any atom is 0.132 e. The van der Waals surface area contributed by atoms with Gasteiger partial charge in [0, 0.05) is 39.2 Å². The number of fused-ring (bicyclic) bond motifs is 3. The molecule has 0 spiro atoms. The number of rotatable bonds is 30. The number of benzene rings is 3. The fourth-order valence-corrected chi connectivity index (χ4v) is 5.87. The van der Waals surface area contributed by atoms with E-state index in [0.29, 0.717) is 162 Å². The Bertz CT molecular complexity index is 1740. The average molecular weight is 805 g/mol. The molecular formula is C44H56N2O12. The molecule has 0 unspecified atom stereocenters. The summed E-state index contributed by atoms with van der Waals surface area (Å²) in [6.45, 7) is 6.80. The first-order valence-electron chi connectivity index (χ1n) is 19.4. The molecule has 0 amide bonds. The second-order valence-electron chi connectivity index (χ2n) is 12.7. The Morgan fingerprint density at radius 3 is 0.897 bits per heavy atom. The molecule has 0 fully saturated rings. The zero-order chi connectivity index (χ0) is 40.6. The molecule has 0 N–H and O–H groups in total. The number of pyridine rings is 2. The van der Waals surface area contributed by atoms with Gasteiger partial charge >= 0.3 is 0 Å². The van der Waals surface area contributed by atoms with Crippen molar-refractivity contribution in [3.8, 4) is 45.5 Å². The van der Waals surface area contributed by atoms with Crippen LogP contribution >= 0.6 is 0 Å². The van der Waals surface area contributed by atoms with Crippen LogP contribution in [0.4, 0.5) is 0 Å². The Morgan fingerprint density at radius 1 is 0.328 bits per heavy atom.